The lowest BCUT2D eigenvalue weighted by Gasteiger charge is -2.32. The summed E-state index contributed by atoms with van der Waals surface area (Å²) in [6.07, 6.45) is -8.42. The normalized spacial score (nSPS) is 24.1. The molecule has 0 aromatic carbocycles. The van der Waals surface area contributed by atoms with E-state index in [1.807, 2.05) is 0 Å². The zero-order chi connectivity index (χ0) is 19.3. The van der Waals surface area contributed by atoms with Crippen LogP contribution in [0.25, 0.3) is 0 Å². The number of nitrogens with zero attached hydrogens (tertiary/aromatic N) is 3. The molecule has 1 aliphatic heterocycles. The molecule has 11 heteroatoms. The van der Waals surface area contributed by atoms with Crippen molar-refractivity contribution >= 4 is 11.9 Å². The van der Waals surface area contributed by atoms with Crippen molar-refractivity contribution in [3.05, 3.63) is 17.0 Å². The molecule has 2 atom stereocenters. The first-order valence-electron chi connectivity index (χ1n) is 8.06. The Balaban J connectivity index is 1.79. The monoisotopic (exact) mass is 382 g/mol. The minimum atomic E-state index is -4.88. The summed E-state index contributed by atoms with van der Waals surface area (Å²) in [6, 6.07) is 0. The highest BCUT2D eigenvalue weighted by Gasteiger charge is 2.46. The lowest BCUT2D eigenvalue weighted by molar-refractivity contribution is -0.186. The van der Waals surface area contributed by atoms with E-state index in [1.165, 1.54) is 0 Å². The number of alkyl halides is 6. The fourth-order valence-electron chi connectivity index (χ4n) is 3.69. The van der Waals surface area contributed by atoms with E-state index in [-0.39, 0.29) is 31.6 Å². The number of nitrogens with two attached hydrogens (primary N) is 1. The van der Waals surface area contributed by atoms with E-state index in [4.69, 9.17) is 5.73 Å². The van der Waals surface area contributed by atoms with Crippen molar-refractivity contribution in [3.8, 4) is 0 Å². The molecule has 0 saturated heterocycles. The zero-order valence-electron chi connectivity index (χ0n) is 13.5. The predicted octanol–water partition coefficient (Wildman–Crippen LogP) is 3.40. The smallest absolute Gasteiger partial charge is 0.368 e. The van der Waals surface area contributed by atoms with Crippen LogP contribution in [0.15, 0.2) is 0 Å². The second kappa shape index (κ2) is 6.27. The number of hydrogen-bond donors (Lipinski definition) is 1. The molecule has 3 rings (SSSR count). The van der Waals surface area contributed by atoms with Gasteiger partial charge >= 0.3 is 12.4 Å². The molecule has 1 aromatic heterocycles. The maximum atomic E-state index is 13.1. The molecule has 0 spiro atoms. The molecule has 144 valence electrons. The number of fused-ring (bicyclic) bond motifs is 1. The maximum absolute atomic E-state index is 13.1. The summed E-state index contributed by atoms with van der Waals surface area (Å²) in [5, 5.41) is 0. The van der Waals surface area contributed by atoms with Gasteiger partial charge in [-0.05, 0) is 25.2 Å². The highest BCUT2D eigenvalue weighted by Crippen LogP contribution is 2.41. The van der Waals surface area contributed by atoms with Crippen LogP contribution in [0.5, 0.6) is 0 Å². The fourth-order valence-corrected chi connectivity index (χ4v) is 3.69. The molecule has 1 saturated carbocycles. The van der Waals surface area contributed by atoms with Crippen molar-refractivity contribution < 1.29 is 31.1 Å². The average Bonchev–Trinajstić information content (AvgIpc) is 2.81. The largest absolute Gasteiger partial charge is 0.434 e. The van der Waals surface area contributed by atoms with Crippen LogP contribution in [0, 0.1) is 11.8 Å². The Morgan fingerprint density at radius 1 is 1.12 bits per heavy atom. The molecule has 0 unspecified atom stereocenters. The van der Waals surface area contributed by atoms with Crippen molar-refractivity contribution in [3.63, 3.8) is 0 Å². The van der Waals surface area contributed by atoms with Crippen LogP contribution >= 0.6 is 0 Å². The third kappa shape index (κ3) is 3.56. The molecular formula is C15H16F6N4O. The van der Waals surface area contributed by atoms with Crippen molar-refractivity contribution in [1.29, 1.82) is 0 Å². The zero-order valence-corrected chi connectivity index (χ0v) is 13.5. The van der Waals surface area contributed by atoms with Gasteiger partial charge in [0.25, 0.3) is 5.91 Å². The second-order valence-corrected chi connectivity index (χ2v) is 6.71. The quantitative estimate of drug-likeness (QED) is 0.796. The van der Waals surface area contributed by atoms with Gasteiger partial charge in [-0.1, -0.05) is 6.42 Å². The Labute approximate surface area is 144 Å². The van der Waals surface area contributed by atoms with Crippen LogP contribution < -0.4 is 5.73 Å². The first-order valence-corrected chi connectivity index (χ1v) is 8.06. The average molecular weight is 382 g/mol. The molecule has 2 N–H and O–H groups in total. The molecule has 0 radical (unpaired) electrons. The van der Waals surface area contributed by atoms with E-state index in [0.29, 0.717) is 12.8 Å². The van der Waals surface area contributed by atoms with Gasteiger partial charge in [0.1, 0.15) is 0 Å². The van der Waals surface area contributed by atoms with Gasteiger partial charge in [0.2, 0.25) is 5.95 Å². The number of halogens is 6. The number of carbonyl (C=O) groups excluding carboxylic acids is 1. The number of hydrogen-bond acceptors (Lipinski definition) is 4. The molecule has 0 bridgehead atoms. The van der Waals surface area contributed by atoms with Gasteiger partial charge in [-0.3, -0.25) is 4.79 Å². The third-order valence-electron chi connectivity index (χ3n) is 4.84. The summed E-state index contributed by atoms with van der Waals surface area (Å²) >= 11 is 0. The molecular weight excluding hydrogens is 366 g/mol. The molecule has 1 aliphatic carbocycles. The molecule has 26 heavy (non-hydrogen) atoms. The van der Waals surface area contributed by atoms with E-state index < -0.39 is 47.3 Å². The summed E-state index contributed by atoms with van der Waals surface area (Å²) in [6.45, 7) is -0.254. The SMILES string of the molecule is Nc1nc2c(c(C(F)(F)F)n1)C(=O)N(C[C@H]1CCC[C@H](C(F)(F)F)C1)C2. The van der Waals surface area contributed by atoms with E-state index >= 15 is 0 Å². The lowest BCUT2D eigenvalue weighted by atomic mass is 9.81. The van der Waals surface area contributed by atoms with Crippen LogP contribution in [0.2, 0.25) is 0 Å². The van der Waals surface area contributed by atoms with Gasteiger partial charge in [0, 0.05) is 6.54 Å². The van der Waals surface area contributed by atoms with Crippen molar-refractivity contribution in [1.82, 2.24) is 14.9 Å². The van der Waals surface area contributed by atoms with Crippen LogP contribution in [-0.2, 0) is 12.7 Å². The topological polar surface area (TPSA) is 72.1 Å². The van der Waals surface area contributed by atoms with Crippen molar-refractivity contribution in [2.24, 2.45) is 11.8 Å². The van der Waals surface area contributed by atoms with Gasteiger partial charge in [0.05, 0.1) is 23.7 Å². The molecule has 5 nitrogen and oxygen atoms in total. The van der Waals surface area contributed by atoms with Crippen LogP contribution in [0.1, 0.15) is 47.4 Å². The predicted molar refractivity (Wildman–Crippen MR) is 77.7 cm³/mol. The molecule has 2 aliphatic rings. The number of anilines is 1. The highest BCUT2D eigenvalue weighted by molar-refractivity contribution is 5.99. The summed E-state index contributed by atoms with van der Waals surface area (Å²) in [7, 11) is 0. The van der Waals surface area contributed by atoms with Gasteiger partial charge in [-0.25, -0.2) is 9.97 Å². The van der Waals surface area contributed by atoms with Crippen molar-refractivity contribution in [2.45, 2.75) is 44.6 Å². The molecule has 1 aromatic rings. The Morgan fingerprint density at radius 3 is 2.42 bits per heavy atom. The third-order valence-corrected chi connectivity index (χ3v) is 4.84. The maximum Gasteiger partial charge on any atom is 0.434 e. The lowest BCUT2D eigenvalue weighted by Crippen LogP contribution is -2.36. The van der Waals surface area contributed by atoms with E-state index in [1.54, 1.807) is 0 Å². The van der Waals surface area contributed by atoms with E-state index in [2.05, 4.69) is 9.97 Å². The number of carbonyl (C=O) groups is 1. The molecule has 1 fully saturated rings. The van der Waals surface area contributed by atoms with Crippen LogP contribution in [0.3, 0.4) is 0 Å². The van der Waals surface area contributed by atoms with Gasteiger partial charge in [0.15, 0.2) is 5.69 Å². The minimum Gasteiger partial charge on any atom is -0.368 e. The van der Waals surface area contributed by atoms with E-state index in [0.717, 1.165) is 4.90 Å². The Morgan fingerprint density at radius 2 is 1.81 bits per heavy atom. The Kier molecular flexibility index (Phi) is 4.51. The van der Waals surface area contributed by atoms with Crippen LogP contribution in [-0.4, -0.2) is 33.5 Å². The summed E-state index contributed by atoms with van der Waals surface area (Å²) in [5.41, 5.74) is 3.10. The number of nitrogen functional groups attached to an aromatic ring is 1. The van der Waals surface area contributed by atoms with Gasteiger partial charge < -0.3 is 10.6 Å². The highest BCUT2D eigenvalue weighted by atomic mass is 19.4. The fraction of sp³-hybridized carbons (Fsp3) is 0.667. The van der Waals surface area contributed by atoms with E-state index in [9.17, 15) is 31.1 Å². The molecule has 2 heterocycles. The first kappa shape index (κ1) is 18.7. The minimum absolute atomic E-state index is 0.0361. The Bertz CT molecular complexity index is 717. The standard InChI is InChI=1S/C15H16F6N4O/c16-14(17,18)8-3-1-2-7(4-8)5-25-6-9-10(12(25)26)11(15(19,20)21)24-13(22)23-9/h7-8H,1-6H2,(H2,22,23,24)/t7-,8-/m0/s1. The Hall–Kier alpha value is -2.07. The second-order valence-electron chi connectivity index (χ2n) is 6.71. The summed E-state index contributed by atoms with van der Waals surface area (Å²) in [5.74, 6) is -3.38. The van der Waals surface area contributed by atoms with Gasteiger partial charge in [-0.15, -0.1) is 0 Å². The first-order chi connectivity index (χ1) is 12.0. The van der Waals surface area contributed by atoms with Crippen LogP contribution in [0.4, 0.5) is 32.3 Å². The van der Waals surface area contributed by atoms with Crippen molar-refractivity contribution in [2.75, 3.05) is 12.3 Å². The summed E-state index contributed by atoms with van der Waals surface area (Å²) < 4.78 is 78.1. The number of aromatic nitrogens is 2. The van der Waals surface area contributed by atoms with Gasteiger partial charge in [-0.2, -0.15) is 26.3 Å². The number of rotatable bonds is 2. The summed E-state index contributed by atoms with van der Waals surface area (Å²) in [4.78, 5) is 20.4. The molecule has 1 amide bonds. The number of amides is 1.